The number of hydrogen-bond acceptors (Lipinski definition) is 5. The molecule has 1 heterocycles. The van der Waals surface area contributed by atoms with Gasteiger partial charge in [-0.05, 0) is 27.0 Å². The van der Waals surface area contributed by atoms with Gasteiger partial charge in [-0.25, -0.2) is 4.98 Å². The van der Waals surface area contributed by atoms with E-state index in [0.717, 1.165) is 18.0 Å². The van der Waals surface area contributed by atoms with Gasteiger partial charge in [-0.15, -0.1) is 0 Å². The summed E-state index contributed by atoms with van der Waals surface area (Å²) in [5.74, 6) is 2.32. The van der Waals surface area contributed by atoms with Crippen LogP contribution in [-0.4, -0.2) is 34.6 Å². The van der Waals surface area contributed by atoms with Crippen LogP contribution in [0.5, 0.6) is 5.88 Å². The lowest BCUT2D eigenvalue weighted by molar-refractivity contribution is 0.232. The Labute approximate surface area is 101 Å². The maximum absolute atomic E-state index is 5.55. The third kappa shape index (κ3) is 4.70. The van der Waals surface area contributed by atoms with Crippen molar-refractivity contribution < 1.29 is 4.74 Å². The van der Waals surface area contributed by atoms with Crippen molar-refractivity contribution in [2.75, 3.05) is 23.9 Å². The van der Waals surface area contributed by atoms with Crippen molar-refractivity contribution in [3.8, 4) is 5.88 Å². The number of hydrogen-bond donors (Lipinski definition) is 1. The first-order valence-electron chi connectivity index (χ1n) is 5.37. The minimum Gasteiger partial charge on any atom is -0.475 e. The molecule has 0 fully saturated rings. The lowest BCUT2D eigenvalue weighted by Crippen LogP contribution is -2.11. The molecular weight excluding hydrogens is 222 g/mol. The van der Waals surface area contributed by atoms with Gasteiger partial charge in [0.2, 0.25) is 11.8 Å². The fourth-order valence-corrected chi connectivity index (χ4v) is 1.49. The van der Waals surface area contributed by atoms with E-state index in [1.807, 2.05) is 26.8 Å². The minimum absolute atomic E-state index is 0.133. The van der Waals surface area contributed by atoms with Crippen LogP contribution in [0.4, 0.5) is 5.95 Å². The lowest BCUT2D eigenvalue weighted by atomic mass is 10.4. The lowest BCUT2D eigenvalue weighted by Gasteiger charge is -2.11. The summed E-state index contributed by atoms with van der Waals surface area (Å²) in [6.07, 6.45) is 2.21. The van der Waals surface area contributed by atoms with Crippen molar-refractivity contribution in [3.05, 3.63) is 11.8 Å². The SMILES string of the molecule is CSCCNc1nc(C)cc(OC(C)C)n1. The van der Waals surface area contributed by atoms with E-state index in [-0.39, 0.29) is 6.10 Å². The normalized spacial score (nSPS) is 10.6. The number of rotatable bonds is 6. The Bertz CT molecular complexity index is 331. The Balaban J connectivity index is 2.65. The zero-order valence-electron chi connectivity index (χ0n) is 10.3. The van der Waals surface area contributed by atoms with Gasteiger partial charge in [0.05, 0.1) is 6.10 Å². The quantitative estimate of drug-likeness (QED) is 0.775. The van der Waals surface area contributed by atoms with E-state index >= 15 is 0 Å². The third-order valence-electron chi connectivity index (χ3n) is 1.78. The average Bonchev–Trinajstić information content (AvgIpc) is 2.16. The number of aryl methyl sites for hydroxylation is 1. The molecule has 5 heteroatoms. The van der Waals surface area contributed by atoms with Crippen LogP contribution in [0.15, 0.2) is 6.07 Å². The molecule has 1 rings (SSSR count). The van der Waals surface area contributed by atoms with Crippen LogP contribution in [0.2, 0.25) is 0 Å². The second kappa shape index (κ2) is 6.58. The Hall–Kier alpha value is -0.970. The highest BCUT2D eigenvalue weighted by molar-refractivity contribution is 7.98. The summed E-state index contributed by atoms with van der Waals surface area (Å²) in [4.78, 5) is 8.59. The second-order valence-corrected chi connectivity index (χ2v) is 4.74. The Kier molecular flexibility index (Phi) is 5.38. The summed E-state index contributed by atoms with van der Waals surface area (Å²) < 4.78 is 5.55. The first kappa shape index (κ1) is 13.1. The van der Waals surface area contributed by atoms with Crippen LogP contribution in [0.3, 0.4) is 0 Å². The molecule has 1 aromatic heterocycles. The van der Waals surface area contributed by atoms with Crippen molar-refractivity contribution in [1.29, 1.82) is 0 Å². The van der Waals surface area contributed by atoms with E-state index in [9.17, 15) is 0 Å². The summed E-state index contributed by atoms with van der Waals surface area (Å²) >= 11 is 1.79. The van der Waals surface area contributed by atoms with Gasteiger partial charge in [0.15, 0.2) is 0 Å². The number of thioether (sulfide) groups is 1. The maximum Gasteiger partial charge on any atom is 0.226 e. The van der Waals surface area contributed by atoms with Gasteiger partial charge in [-0.2, -0.15) is 16.7 Å². The van der Waals surface area contributed by atoms with Gasteiger partial charge >= 0.3 is 0 Å². The molecule has 0 aliphatic rings. The standard InChI is InChI=1S/C11H19N3OS/c1-8(2)15-10-7-9(3)13-11(14-10)12-5-6-16-4/h7-8H,5-6H2,1-4H3,(H,12,13,14). The fourth-order valence-electron chi connectivity index (χ4n) is 1.19. The van der Waals surface area contributed by atoms with Crippen molar-refractivity contribution in [3.63, 3.8) is 0 Å². The third-order valence-corrected chi connectivity index (χ3v) is 2.39. The Morgan fingerprint density at radius 2 is 2.19 bits per heavy atom. The van der Waals surface area contributed by atoms with E-state index in [4.69, 9.17) is 4.74 Å². The molecule has 0 spiro atoms. The van der Waals surface area contributed by atoms with Gasteiger partial charge in [0.25, 0.3) is 0 Å². The van der Waals surface area contributed by atoms with Gasteiger partial charge in [-0.3, -0.25) is 0 Å². The summed E-state index contributed by atoms with van der Waals surface area (Å²) in [6, 6.07) is 1.85. The predicted octanol–water partition coefficient (Wildman–Crippen LogP) is 2.35. The van der Waals surface area contributed by atoms with E-state index in [2.05, 4.69) is 21.5 Å². The summed E-state index contributed by atoms with van der Waals surface area (Å²) in [5.41, 5.74) is 0.914. The van der Waals surface area contributed by atoms with Crippen LogP contribution in [-0.2, 0) is 0 Å². The molecule has 0 bridgehead atoms. The molecule has 0 amide bonds. The first-order chi connectivity index (χ1) is 7.61. The van der Waals surface area contributed by atoms with Gasteiger partial charge in [0, 0.05) is 24.1 Å². The van der Waals surface area contributed by atoms with Crippen molar-refractivity contribution in [2.45, 2.75) is 26.9 Å². The molecule has 16 heavy (non-hydrogen) atoms. The number of anilines is 1. The number of ether oxygens (including phenoxy) is 1. The largest absolute Gasteiger partial charge is 0.475 e. The smallest absolute Gasteiger partial charge is 0.226 e. The van der Waals surface area contributed by atoms with E-state index in [1.54, 1.807) is 11.8 Å². The summed E-state index contributed by atoms with van der Waals surface area (Å²) in [5, 5.41) is 3.18. The Morgan fingerprint density at radius 1 is 1.44 bits per heavy atom. The molecule has 1 aromatic rings. The molecule has 0 aliphatic carbocycles. The molecule has 1 N–H and O–H groups in total. The minimum atomic E-state index is 0.133. The monoisotopic (exact) mass is 241 g/mol. The van der Waals surface area contributed by atoms with E-state index in [1.165, 1.54) is 0 Å². The zero-order valence-corrected chi connectivity index (χ0v) is 11.1. The zero-order chi connectivity index (χ0) is 12.0. The van der Waals surface area contributed by atoms with Crippen molar-refractivity contribution in [1.82, 2.24) is 9.97 Å². The molecule has 90 valence electrons. The molecular formula is C11H19N3OS. The fraction of sp³-hybridized carbons (Fsp3) is 0.636. The number of aromatic nitrogens is 2. The van der Waals surface area contributed by atoms with Gasteiger partial charge < -0.3 is 10.1 Å². The molecule has 0 saturated carbocycles. The molecule has 0 saturated heterocycles. The van der Waals surface area contributed by atoms with Crippen LogP contribution in [0, 0.1) is 6.92 Å². The second-order valence-electron chi connectivity index (χ2n) is 3.76. The van der Waals surface area contributed by atoms with Crippen molar-refractivity contribution >= 4 is 17.7 Å². The van der Waals surface area contributed by atoms with Crippen LogP contribution < -0.4 is 10.1 Å². The summed E-state index contributed by atoms with van der Waals surface area (Å²) in [6.45, 7) is 6.77. The molecule has 0 aliphatic heterocycles. The van der Waals surface area contributed by atoms with E-state index < -0.39 is 0 Å². The molecule has 0 unspecified atom stereocenters. The van der Waals surface area contributed by atoms with Crippen LogP contribution >= 0.6 is 11.8 Å². The number of nitrogens with zero attached hydrogens (tertiary/aromatic N) is 2. The van der Waals surface area contributed by atoms with Gasteiger partial charge in [-0.1, -0.05) is 0 Å². The molecule has 0 aromatic carbocycles. The van der Waals surface area contributed by atoms with Gasteiger partial charge in [0.1, 0.15) is 0 Å². The molecule has 4 nitrogen and oxygen atoms in total. The predicted molar refractivity (Wildman–Crippen MR) is 69.4 cm³/mol. The van der Waals surface area contributed by atoms with E-state index in [0.29, 0.717) is 11.8 Å². The van der Waals surface area contributed by atoms with Crippen LogP contribution in [0.25, 0.3) is 0 Å². The molecule has 0 radical (unpaired) electrons. The van der Waals surface area contributed by atoms with Crippen molar-refractivity contribution in [2.24, 2.45) is 0 Å². The highest BCUT2D eigenvalue weighted by Gasteiger charge is 2.04. The molecule has 0 atom stereocenters. The maximum atomic E-state index is 5.55. The summed E-state index contributed by atoms with van der Waals surface area (Å²) in [7, 11) is 0. The number of nitrogens with one attached hydrogen (secondary N) is 1. The topological polar surface area (TPSA) is 47.0 Å². The first-order valence-corrected chi connectivity index (χ1v) is 6.76. The average molecular weight is 241 g/mol. The highest BCUT2D eigenvalue weighted by atomic mass is 32.2. The highest BCUT2D eigenvalue weighted by Crippen LogP contribution is 2.13. The van der Waals surface area contributed by atoms with Crippen LogP contribution in [0.1, 0.15) is 19.5 Å². The Morgan fingerprint density at radius 3 is 2.81 bits per heavy atom.